The molecule has 0 aliphatic carbocycles. The van der Waals surface area contributed by atoms with Gasteiger partial charge >= 0.3 is 0 Å². The van der Waals surface area contributed by atoms with Gasteiger partial charge in [-0.1, -0.05) is 18.5 Å². The molecule has 1 fully saturated rings. The number of hydrogen-bond acceptors (Lipinski definition) is 2. The van der Waals surface area contributed by atoms with Crippen LogP contribution in [-0.4, -0.2) is 25.0 Å². The third-order valence-corrected chi connectivity index (χ3v) is 3.95. The minimum absolute atomic E-state index is 0. The fourth-order valence-corrected chi connectivity index (χ4v) is 2.38. The molecule has 1 aliphatic heterocycles. The molecule has 1 heterocycles. The monoisotopic (exact) mass is 302 g/mol. The Bertz CT molecular complexity index is 451. The van der Waals surface area contributed by atoms with Crippen molar-refractivity contribution in [2.45, 2.75) is 26.3 Å². The minimum Gasteiger partial charge on any atom is -0.349 e. The Morgan fingerprint density at radius 3 is 2.84 bits per heavy atom. The van der Waals surface area contributed by atoms with Crippen molar-refractivity contribution in [3.63, 3.8) is 0 Å². The van der Waals surface area contributed by atoms with Crippen LogP contribution in [0.2, 0.25) is 5.02 Å². The smallest absolute Gasteiger partial charge is 0.251 e. The zero-order valence-corrected chi connectivity index (χ0v) is 12.8. The van der Waals surface area contributed by atoms with E-state index in [-0.39, 0.29) is 24.4 Å². The van der Waals surface area contributed by atoms with Gasteiger partial charge in [0.1, 0.15) is 0 Å². The molecule has 19 heavy (non-hydrogen) atoms. The summed E-state index contributed by atoms with van der Waals surface area (Å²) in [6.45, 7) is 6.00. The molecule has 2 atom stereocenters. The van der Waals surface area contributed by atoms with Crippen molar-refractivity contribution >= 4 is 29.9 Å². The van der Waals surface area contributed by atoms with Crippen LogP contribution in [0, 0.1) is 12.8 Å². The third-order valence-electron chi connectivity index (χ3n) is 3.52. The van der Waals surface area contributed by atoms with Crippen LogP contribution in [0.5, 0.6) is 0 Å². The zero-order chi connectivity index (χ0) is 13.1. The maximum atomic E-state index is 12.1. The lowest BCUT2D eigenvalue weighted by atomic mass is 9.95. The van der Waals surface area contributed by atoms with E-state index in [4.69, 9.17) is 11.6 Å². The molecule has 106 valence electrons. The van der Waals surface area contributed by atoms with Gasteiger partial charge in [-0.25, -0.2) is 0 Å². The SMILES string of the molecule is Cc1cc(C(=O)NC2CCNCC2C)ccc1Cl.Cl. The number of piperidine rings is 1. The van der Waals surface area contributed by atoms with Crippen LogP contribution in [0.3, 0.4) is 0 Å². The summed E-state index contributed by atoms with van der Waals surface area (Å²) in [5.74, 6) is 0.463. The summed E-state index contributed by atoms with van der Waals surface area (Å²) < 4.78 is 0. The molecule has 1 aromatic carbocycles. The first-order valence-corrected chi connectivity index (χ1v) is 6.73. The Hall–Kier alpha value is -0.770. The topological polar surface area (TPSA) is 41.1 Å². The number of amides is 1. The Kier molecular flexibility index (Phi) is 6.11. The normalized spacial score (nSPS) is 22.5. The van der Waals surface area contributed by atoms with Gasteiger partial charge in [0.15, 0.2) is 0 Å². The van der Waals surface area contributed by atoms with Crippen molar-refractivity contribution in [1.29, 1.82) is 0 Å². The lowest BCUT2D eigenvalue weighted by Crippen LogP contribution is -2.48. The number of halogens is 2. The first-order chi connectivity index (χ1) is 8.58. The van der Waals surface area contributed by atoms with Crippen molar-refractivity contribution < 1.29 is 4.79 Å². The van der Waals surface area contributed by atoms with Gasteiger partial charge < -0.3 is 10.6 Å². The largest absolute Gasteiger partial charge is 0.349 e. The summed E-state index contributed by atoms with van der Waals surface area (Å²) in [4.78, 5) is 12.1. The standard InChI is InChI=1S/C14H19ClN2O.ClH/c1-9-7-11(3-4-12(9)15)14(18)17-13-5-6-16-8-10(13)2;/h3-4,7,10,13,16H,5-6,8H2,1-2H3,(H,17,18);1H. The van der Waals surface area contributed by atoms with Crippen LogP contribution in [0.1, 0.15) is 29.3 Å². The molecule has 0 spiro atoms. The molecule has 1 saturated heterocycles. The summed E-state index contributed by atoms with van der Waals surface area (Å²) in [6, 6.07) is 5.65. The number of hydrogen-bond donors (Lipinski definition) is 2. The molecule has 1 aliphatic rings. The molecule has 3 nitrogen and oxygen atoms in total. The Morgan fingerprint density at radius 2 is 2.21 bits per heavy atom. The number of nitrogens with one attached hydrogen (secondary N) is 2. The lowest BCUT2D eigenvalue weighted by Gasteiger charge is -2.30. The van der Waals surface area contributed by atoms with Crippen molar-refractivity contribution in [1.82, 2.24) is 10.6 Å². The quantitative estimate of drug-likeness (QED) is 0.882. The van der Waals surface area contributed by atoms with Gasteiger partial charge in [-0.3, -0.25) is 4.79 Å². The average Bonchev–Trinajstić information content (AvgIpc) is 2.35. The first-order valence-electron chi connectivity index (χ1n) is 6.35. The predicted octanol–water partition coefficient (Wildman–Crippen LogP) is 2.80. The van der Waals surface area contributed by atoms with Crippen molar-refractivity contribution in [3.05, 3.63) is 34.3 Å². The molecule has 0 bridgehead atoms. The molecule has 1 aromatic rings. The molecule has 5 heteroatoms. The number of benzene rings is 1. The third kappa shape index (κ3) is 4.10. The van der Waals surface area contributed by atoms with E-state index >= 15 is 0 Å². The van der Waals surface area contributed by atoms with E-state index in [0.717, 1.165) is 25.1 Å². The second-order valence-corrected chi connectivity index (χ2v) is 5.42. The van der Waals surface area contributed by atoms with E-state index in [1.807, 2.05) is 13.0 Å². The highest BCUT2D eigenvalue weighted by Crippen LogP contribution is 2.17. The van der Waals surface area contributed by atoms with Gasteiger partial charge in [0.25, 0.3) is 5.91 Å². The molecule has 2 rings (SSSR count). The van der Waals surface area contributed by atoms with E-state index < -0.39 is 0 Å². The summed E-state index contributed by atoms with van der Waals surface area (Å²) in [5, 5.41) is 7.13. The molecular weight excluding hydrogens is 283 g/mol. The van der Waals surface area contributed by atoms with E-state index in [2.05, 4.69) is 17.6 Å². The van der Waals surface area contributed by atoms with Crippen molar-refractivity contribution in [3.8, 4) is 0 Å². The summed E-state index contributed by atoms with van der Waals surface area (Å²) >= 11 is 5.96. The Morgan fingerprint density at radius 1 is 1.47 bits per heavy atom. The second kappa shape index (κ2) is 7.13. The highest BCUT2D eigenvalue weighted by Gasteiger charge is 2.23. The van der Waals surface area contributed by atoms with Gasteiger partial charge in [0.05, 0.1) is 0 Å². The average molecular weight is 303 g/mol. The fraction of sp³-hybridized carbons (Fsp3) is 0.500. The fourth-order valence-electron chi connectivity index (χ4n) is 2.27. The van der Waals surface area contributed by atoms with E-state index in [1.165, 1.54) is 0 Å². The maximum absolute atomic E-state index is 12.1. The summed E-state index contributed by atoms with van der Waals surface area (Å²) in [7, 11) is 0. The molecule has 1 amide bonds. The first kappa shape index (κ1) is 16.3. The number of carbonyl (C=O) groups excluding carboxylic acids is 1. The van der Waals surface area contributed by atoms with Gasteiger partial charge in [0, 0.05) is 16.6 Å². The molecule has 0 saturated carbocycles. The number of carbonyl (C=O) groups is 1. The van der Waals surface area contributed by atoms with E-state index in [0.29, 0.717) is 16.5 Å². The lowest BCUT2D eigenvalue weighted by molar-refractivity contribution is 0.0914. The highest BCUT2D eigenvalue weighted by atomic mass is 35.5. The van der Waals surface area contributed by atoms with Gasteiger partial charge in [-0.05, 0) is 56.1 Å². The van der Waals surface area contributed by atoms with Gasteiger partial charge in [0.2, 0.25) is 0 Å². The van der Waals surface area contributed by atoms with Gasteiger partial charge in [-0.15, -0.1) is 12.4 Å². The molecule has 0 aromatic heterocycles. The molecule has 0 radical (unpaired) electrons. The number of aryl methyl sites for hydroxylation is 1. The Labute approximate surface area is 125 Å². The van der Waals surface area contributed by atoms with Crippen LogP contribution in [0.4, 0.5) is 0 Å². The minimum atomic E-state index is -0.00600. The van der Waals surface area contributed by atoms with E-state index in [9.17, 15) is 4.79 Å². The summed E-state index contributed by atoms with van der Waals surface area (Å²) in [6.07, 6.45) is 0.986. The molecular formula is C14H20Cl2N2O. The van der Waals surface area contributed by atoms with Crippen molar-refractivity contribution in [2.75, 3.05) is 13.1 Å². The zero-order valence-electron chi connectivity index (χ0n) is 11.2. The predicted molar refractivity (Wildman–Crippen MR) is 81.3 cm³/mol. The number of rotatable bonds is 2. The highest BCUT2D eigenvalue weighted by molar-refractivity contribution is 6.31. The van der Waals surface area contributed by atoms with Gasteiger partial charge in [-0.2, -0.15) is 0 Å². The van der Waals surface area contributed by atoms with Crippen LogP contribution in [0.15, 0.2) is 18.2 Å². The van der Waals surface area contributed by atoms with Crippen molar-refractivity contribution in [2.24, 2.45) is 5.92 Å². The summed E-state index contributed by atoms with van der Waals surface area (Å²) in [5.41, 5.74) is 1.62. The van der Waals surface area contributed by atoms with E-state index in [1.54, 1.807) is 12.1 Å². The van der Waals surface area contributed by atoms with Crippen LogP contribution in [0.25, 0.3) is 0 Å². The molecule has 2 unspecified atom stereocenters. The molecule has 2 N–H and O–H groups in total. The van der Waals surface area contributed by atoms with Crippen LogP contribution < -0.4 is 10.6 Å². The Balaban J connectivity index is 0.00000180. The van der Waals surface area contributed by atoms with Crippen LogP contribution in [-0.2, 0) is 0 Å². The van der Waals surface area contributed by atoms with Crippen LogP contribution >= 0.6 is 24.0 Å². The second-order valence-electron chi connectivity index (χ2n) is 5.01. The maximum Gasteiger partial charge on any atom is 0.251 e.